The van der Waals surface area contributed by atoms with Crippen LogP contribution < -0.4 is 5.73 Å². The summed E-state index contributed by atoms with van der Waals surface area (Å²) >= 11 is 0. The van der Waals surface area contributed by atoms with Crippen LogP contribution in [0.4, 0.5) is 0 Å². The molecule has 0 spiro atoms. The number of rotatable bonds is 2. The third-order valence-corrected chi connectivity index (χ3v) is 5.88. The predicted octanol–water partition coefficient (Wildman–Crippen LogP) is 2.85. The summed E-state index contributed by atoms with van der Waals surface area (Å²) in [6, 6.07) is 8.93. The molecule has 1 aliphatic heterocycles. The zero-order valence-corrected chi connectivity index (χ0v) is 12.9. The number of hydrogen-bond acceptors (Lipinski definition) is 2. The monoisotopic (exact) mass is 272 g/mol. The second kappa shape index (κ2) is 5.50. The van der Waals surface area contributed by atoms with Crippen molar-refractivity contribution < 1.29 is 0 Å². The fourth-order valence-corrected chi connectivity index (χ4v) is 4.05. The molecule has 0 bridgehead atoms. The lowest BCUT2D eigenvalue weighted by atomic mass is 9.74. The molecule has 0 aromatic heterocycles. The van der Waals surface area contributed by atoms with Crippen LogP contribution >= 0.6 is 0 Å². The second-order valence-corrected chi connectivity index (χ2v) is 7.06. The van der Waals surface area contributed by atoms with Crippen LogP contribution in [0.3, 0.4) is 0 Å². The van der Waals surface area contributed by atoms with Crippen molar-refractivity contribution in [2.75, 3.05) is 19.6 Å². The van der Waals surface area contributed by atoms with Gasteiger partial charge in [0, 0.05) is 18.6 Å². The first-order chi connectivity index (χ1) is 9.64. The molecule has 2 N–H and O–H groups in total. The molecule has 20 heavy (non-hydrogen) atoms. The number of likely N-dealkylation sites (tertiary alicyclic amines) is 1. The van der Waals surface area contributed by atoms with E-state index < -0.39 is 0 Å². The lowest BCUT2D eigenvalue weighted by molar-refractivity contribution is 0.0216. The Morgan fingerprint density at radius 2 is 1.95 bits per heavy atom. The van der Waals surface area contributed by atoms with Gasteiger partial charge in [-0.05, 0) is 55.2 Å². The molecule has 1 aromatic carbocycles. The first-order valence-corrected chi connectivity index (χ1v) is 8.16. The van der Waals surface area contributed by atoms with Gasteiger partial charge in [-0.1, -0.05) is 38.1 Å². The Bertz CT molecular complexity index is 470. The quantitative estimate of drug-likeness (QED) is 0.897. The molecule has 110 valence electrons. The van der Waals surface area contributed by atoms with E-state index in [9.17, 15) is 0 Å². The van der Waals surface area contributed by atoms with Gasteiger partial charge in [0.05, 0.1) is 0 Å². The second-order valence-electron chi connectivity index (χ2n) is 7.06. The lowest BCUT2D eigenvalue weighted by Crippen LogP contribution is -2.60. The van der Waals surface area contributed by atoms with Crippen molar-refractivity contribution in [1.82, 2.24) is 4.90 Å². The fraction of sp³-hybridized carbons (Fsp3) is 0.667. The van der Waals surface area contributed by atoms with Crippen LogP contribution in [0.2, 0.25) is 0 Å². The highest BCUT2D eigenvalue weighted by atomic mass is 15.2. The average molecular weight is 272 g/mol. The van der Waals surface area contributed by atoms with Crippen molar-refractivity contribution in [2.45, 2.75) is 45.1 Å². The average Bonchev–Trinajstić information content (AvgIpc) is 2.49. The van der Waals surface area contributed by atoms with E-state index in [2.05, 4.69) is 43.0 Å². The number of piperidine rings is 1. The Labute approximate surface area is 123 Å². The Morgan fingerprint density at radius 3 is 2.65 bits per heavy atom. The highest BCUT2D eigenvalue weighted by molar-refractivity contribution is 5.32. The third-order valence-electron chi connectivity index (χ3n) is 5.88. The van der Waals surface area contributed by atoms with Gasteiger partial charge >= 0.3 is 0 Å². The van der Waals surface area contributed by atoms with Gasteiger partial charge < -0.3 is 5.73 Å². The minimum absolute atomic E-state index is 0.211. The molecule has 1 aromatic rings. The van der Waals surface area contributed by atoms with Crippen molar-refractivity contribution >= 4 is 0 Å². The van der Waals surface area contributed by atoms with Crippen LogP contribution in [0.15, 0.2) is 24.3 Å². The number of benzene rings is 1. The number of nitrogens with two attached hydrogens (primary N) is 1. The Morgan fingerprint density at radius 1 is 1.20 bits per heavy atom. The topological polar surface area (TPSA) is 29.3 Å². The van der Waals surface area contributed by atoms with E-state index in [4.69, 9.17) is 5.73 Å². The third kappa shape index (κ3) is 2.40. The summed E-state index contributed by atoms with van der Waals surface area (Å²) in [6.45, 7) is 8.04. The number of fused-ring (bicyclic) bond motifs is 1. The Hall–Kier alpha value is -0.860. The summed E-state index contributed by atoms with van der Waals surface area (Å²) in [4.78, 5) is 2.72. The normalized spacial score (nSPS) is 34.8. The maximum absolute atomic E-state index is 6.26. The highest BCUT2D eigenvalue weighted by Crippen LogP contribution is 2.36. The Kier molecular flexibility index (Phi) is 3.87. The lowest BCUT2D eigenvalue weighted by Gasteiger charge is -2.50. The van der Waals surface area contributed by atoms with E-state index in [0.717, 1.165) is 24.8 Å². The minimum Gasteiger partial charge on any atom is -0.329 e. The first kappa shape index (κ1) is 14.1. The van der Waals surface area contributed by atoms with Crippen molar-refractivity contribution in [2.24, 2.45) is 17.6 Å². The highest BCUT2D eigenvalue weighted by Gasteiger charge is 2.40. The molecular weight excluding hydrogens is 244 g/mol. The van der Waals surface area contributed by atoms with Crippen LogP contribution in [0, 0.1) is 11.8 Å². The van der Waals surface area contributed by atoms with Crippen molar-refractivity contribution in [1.29, 1.82) is 0 Å². The maximum atomic E-state index is 6.26. The van der Waals surface area contributed by atoms with Gasteiger partial charge in [0.1, 0.15) is 0 Å². The smallest absolute Gasteiger partial charge is 0.0375 e. The van der Waals surface area contributed by atoms with Crippen molar-refractivity contribution in [3.05, 3.63) is 35.4 Å². The largest absolute Gasteiger partial charge is 0.329 e. The van der Waals surface area contributed by atoms with Gasteiger partial charge in [-0.3, -0.25) is 4.90 Å². The number of hydrogen-bond donors (Lipinski definition) is 1. The van der Waals surface area contributed by atoms with Crippen molar-refractivity contribution in [3.8, 4) is 0 Å². The summed E-state index contributed by atoms with van der Waals surface area (Å²) in [7, 11) is 0. The standard InChI is InChI=1S/C18H28N2/c1-14-8-10-20(12-15(14)2)18(13-19)9-7-16-5-3-4-6-17(16)11-18/h3-6,14-15H,7-13,19H2,1-2H3. The van der Waals surface area contributed by atoms with E-state index in [0.29, 0.717) is 0 Å². The number of aryl methyl sites for hydroxylation is 1. The summed E-state index contributed by atoms with van der Waals surface area (Å²) < 4.78 is 0. The molecule has 0 amide bonds. The molecule has 0 saturated carbocycles. The number of nitrogens with zero attached hydrogens (tertiary/aromatic N) is 1. The summed E-state index contributed by atoms with van der Waals surface area (Å²) in [6.07, 6.45) is 4.88. The Balaban J connectivity index is 1.83. The van der Waals surface area contributed by atoms with E-state index in [1.54, 1.807) is 0 Å². The van der Waals surface area contributed by atoms with E-state index in [1.165, 1.54) is 43.5 Å². The molecule has 2 nitrogen and oxygen atoms in total. The van der Waals surface area contributed by atoms with E-state index >= 15 is 0 Å². The SMILES string of the molecule is CC1CCN(C2(CN)CCc3ccccc3C2)CC1C. The molecule has 3 unspecified atom stereocenters. The predicted molar refractivity (Wildman–Crippen MR) is 84.8 cm³/mol. The first-order valence-electron chi connectivity index (χ1n) is 8.16. The van der Waals surface area contributed by atoms with E-state index in [1.807, 2.05) is 0 Å². The van der Waals surface area contributed by atoms with Gasteiger partial charge in [-0.2, -0.15) is 0 Å². The molecule has 3 atom stereocenters. The molecule has 1 fully saturated rings. The molecule has 3 rings (SSSR count). The van der Waals surface area contributed by atoms with Crippen LogP contribution in [0.5, 0.6) is 0 Å². The molecule has 1 heterocycles. The summed E-state index contributed by atoms with van der Waals surface area (Å²) in [5.74, 6) is 1.65. The van der Waals surface area contributed by atoms with Crippen LogP contribution in [0.1, 0.15) is 37.8 Å². The molecular formula is C18H28N2. The van der Waals surface area contributed by atoms with Gasteiger partial charge in [0.25, 0.3) is 0 Å². The fourth-order valence-electron chi connectivity index (χ4n) is 4.05. The van der Waals surface area contributed by atoms with Crippen LogP contribution in [0.25, 0.3) is 0 Å². The minimum atomic E-state index is 0.211. The summed E-state index contributed by atoms with van der Waals surface area (Å²) in [5, 5.41) is 0. The van der Waals surface area contributed by atoms with Gasteiger partial charge in [-0.25, -0.2) is 0 Å². The molecule has 2 heteroatoms. The molecule has 0 radical (unpaired) electrons. The van der Waals surface area contributed by atoms with E-state index in [-0.39, 0.29) is 5.54 Å². The van der Waals surface area contributed by atoms with Crippen LogP contribution in [-0.2, 0) is 12.8 Å². The maximum Gasteiger partial charge on any atom is 0.0375 e. The summed E-state index contributed by atoms with van der Waals surface area (Å²) in [5.41, 5.74) is 9.54. The van der Waals surface area contributed by atoms with Gasteiger partial charge in [0.15, 0.2) is 0 Å². The molecule has 1 aliphatic carbocycles. The van der Waals surface area contributed by atoms with Gasteiger partial charge in [-0.15, -0.1) is 0 Å². The molecule has 2 aliphatic rings. The molecule has 1 saturated heterocycles. The zero-order chi connectivity index (χ0) is 14.2. The van der Waals surface area contributed by atoms with Crippen molar-refractivity contribution in [3.63, 3.8) is 0 Å². The van der Waals surface area contributed by atoms with Crippen LogP contribution in [-0.4, -0.2) is 30.1 Å². The zero-order valence-electron chi connectivity index (χ0n) is 12.9. The van der Waals surface area contributed by atoms with Gasteiger partial charge in [0.2, 0.25) is 0 Å².